The molecule has 186 valence electrons. The molecular formula is C28H30F3NO3. The Hall–Kier alpha value is -3.06. The van der Waals surface area contributed by atoms with Gasteiger partial charge in [-0.2, -0.15) is 0 Å². The van der Waals surface area contributed by atoms with Crippen LogP contribution in [0.5, 0.6) is 0 Å². The molecule has 1 heterocycles. The number of hydrogen-bond acceptors (Lipinski definition) is 3. The Balaban J connectivity index is 1.52. The fraction of sp³-hybridized carbons (Fsp3) is 0.393. The maximum Gasteiger partial charge on any atom is 0.410 e. The summed E-state index contributed by atoms with van der Waals surface area (Å²) in [5.74, 6) is -1.83. The van der Waals surface area contributed by atoms with E-state index < -0.39 is 28.9 Å². The van der Waals surface area contributed by atoms with E-state index in [1.54, 1.807) is 37.0 Å². The van der Waals surface area contributed by atoms with Gasteiger partial charge in [0.15, 0.2) is 0 Å². The number of nitrogens with zero attached hydrogens (tertiary/aromatic N) is 1. The summed E-state index contributed by atoms with van der Waals surface area (Å²) in [5.41, 5.74) is -0.277. The predicted molar refractivity (Wildman–Crippen MR) is 128 cm³/mol. The van der Waals surface area contributed by atoms with Crippen LogP contribution in [0, 0.1) is 17.6 Å². The van der Waals surface area contributed by atoms with E-state index in [1.807, 2.05) is 19.1 Å². The number of allylic oxidation sites excluding steroid dienone is 3. The molecule has 7 heteroatoms. The summed E-state index contributed by atoms with van der Waals surface area (Å²) in [6.45, 7) is 5.63. The molecule has 1 fully saturated rings. The molecule has 3 atom stereocenters. The van der Waals surface area contributed by atoms with Gasteiger partial charge in [0.2, 0.25) is 0 Å². The van der Waals surface area contributed by atoms with Gasteiger partial charge in [-0.15, -0.1) is 0 Å². The van der Waals surface area contributed by atoms with Crippen molar-refractivity contribution in [3.05, 3.63) is 83.7 Å². The van der Waals surface area contributed by atoms with Gasteiger partial charge in [-0.1, -0.05) is 30.3 Å². The number of carbonyl (C=O) groups excluding carboxylic acids is 1. The predicted octanol–water partition coefficient (Wildman–Crippen LogP) is 6.86. The molecule has 0 aromatic heterocycles. The van der Waals surface area contributed by atoms with E-state index in [4.69, 9.17) is 4.74 Å². The van der Waals surface area contributed by atoms with Crippen LogP contribution in [0.1, 0.15) is 51.6 Å². The summed E-state index contributed by atoms with van der Waals surface area (Å²) in [5, 5.41) is 10.5. The highest BCUT2D eigenvalue weighted by Gasteiger charge is 2.49. The van der Waals surface area contributed by atoms with Crippen molar-refractivity contribution in [1.29, 1.82) is 0 Å². The van der Waals surface area contributed by atoms with Crippen molar-refractivity contribution in [2.75, 3.05) is 6.54 Å². The van der Waals surface area contributed by atoms with Gasteiger partial charge in [-0.3, -0.25) is 0 Å². The second kappa shape index (κ2) is 9.53. The van der Waals surface area contributed by atoms with E-state index in [-0.39, 0.29) is 24.2 Å². The molecule has 0 saturated carbocycles. The average molecular weight is 486 g/mol. The maximum absolute atomic E-state index is 14.1. The summed E-state index contributed by atoms with van der Waals surface area (Å²) in [4.78, 5) is 14.8. The van der Waals surface area contributed by atoms with Gasteiger partial charge >= 0.3 is 6.09 Å². The average Bonchev–Trinajstić information content (AvgIpc) is 2.78. The summed E-state index contributed by atoms with van der Waals surface area (Å²) >= 11 is 0. The van der Waals surface area contributed by atoms with Crippen LogP contribution >= 0.6 is 0 Å². The molecule has 2 aliphatic rings. The summed E-state index contributed by atoms with van der Waals surface area (Å²) in [7, 11) is 0. The largest absolute Gasteiger partial charge is 0.442 e. The lowest BCUT2D eigenvalue weighted by Crippen LogP contribution is -2.56. The Kier molecular flexibility index (Phi) is 6.82. The number of ether oxygens (including phenoxy) is 1. The van der Waals surface area contributed by atoms with Gasteiger partial charge < -0.3 is 14.7 Å². The van der Waals surface area contributed by atoms with E-state index in [2.05, 4.69) is 0 Å². The van der Waals surface area contributed by atoms with Gasteiger partial charge in [0.05, 0.1) is 11.6 Å². The van der Waals surface area contributed by atoms with Crippen LogP contribution in [0.2, 0.25) is 0 Å². The molecule has 2 aromatic rings. The van der Waals surface area contributed by atoms with Crippen LogP contribution in [-0.4, -0.2) is 33.8 Å². The minimum Gasteiger partial charge on any atom is -0.442 e. The van der Waals surface area contributed by atoms with E-state index in [0.29, 0.717) is 30.5 Å². The molecule has 1 unspecified atom stereocenters. The van der Waals surface area contributed by atoms with E-state index in [1.165, 1.54) is 24.3 Å². The van der Waals surface area contributed by atoms with Crippen molar-refractivity contribution in [2.45, 2.75) is 57.3 Å². The summed E-state index contributed by atoms with van der Waals surface area (Å²) in [6.07, 6.45) is 5.20. The molecule has 1 saturated heterocycles. The number of aliphatic hydroxyl groups is 1. The zero-order valence-electron chi connectivity index (χ0n) is 20.1. The fourth-order valence-corrected chi connectivity index (χ4v) is 5.11. The van der Waals surface area contributed by atoms with Crippen molar-refractivity contribution in [3.63, 3.8) is 0 Å². The fourth-order valence-electron chi connectivity index (χ4n) is 5.11. The smallest absolute Gasteiger partial charge is 0.410 e. The number of halogens is 3. The molecule has 1 aliphatic carbocycles. The number of hydrogen-bond donors (Lipinski definition) is 1. The second-order valence-corrected chi connectivity index (χ2v) is 10.1. The molecule has 1 amide bonds. The second-order valence-electron chi connectivity index (χ2n) is 10.1. The van der Waals surface area contributed by atoms with E-state index >= 15 is 0 Å². The minimum atomic E-state index is -1.08. The Morgan fingerprint density at radius 3 is 2.46 bits per heavy atom. The molecule has 0 radical (unpaired) electrons. The van der Waals surface area contributed by atoms with Crippen molar-refractivity contribution >= 4 is 6.09 Å². The third kappa shape index (κ3) is 5.45. The van der Waals surface area contributed by atoms with Crippen molar-refractivity contribution in [3.8, 4) is 11.1 Å². The van der Waals surface area contributed by atoms with Crippen molar-refractivity contribution in [1.82, 2.24) is 4.90 Å². The molecule has 1 N–H and O–H groups in total. The molecule has 4 nitrogen and oxygen atoms in total. The van der Waals surface area contributed by atoms with Gasteiger partial charge in [0.25, 0.3) is 0 Å². The van der Waals surface area contributed by atoms with Crippen LogP contribution < -0.4 is 0 Å². The normalized spacial score (nSPS) is 23.6. The zero-order chi connectivity index (χ0) is 25.4. The van der Waals surface area contributed by atoms with Crippen molar-refractivity contribution in [2.24, 2.45) is 5.92 Å². The monoisotopic (exact) mass is 485 g/mol. The lowest BCUT2D eigenvalue weighted by atomic mass is 9.73. The minimum absolute atomic E-state index is 0.232. The Labute approximate surface area is 203 Å². The number of amides is 1. The van der Waals surface area contributed by atoms with Crippen LogP contribution in [0.3, 0.4) is 0 Å². The number of benzene rings is 2. The standard InChI is InChI=1S/C28H30F3NO3/c1-18(19-4-6-20(7-5-19)24-13-12-23(30)16-25(24)31)32-15-14-28(35-26(32)33,17-27(2,3)34)21-8-10-22(29)11-9-21/h4-8,10-13,16,18,21,34H,9,14-15,17H2,1-3H3/t18-,21?,28-/m0/s1. The maximum atomic E-state index is 14.1. The topological polar surface area (TPSA) is 49.8 Å². The van der Waals surface area contributed by atoms with E-state index in [9.17, 15) is 23.1 Å². The van der Waals surface area contributed by atoms with Gasteiger partial charge in [-0.25, -0.2) is 18.0 Å². The zero-order valence-corrected chi connectivity index (χ0v) is 20.1. The number of cyclic esters (lactones) is 1. The molecule has 0 spiro atoms. The Morgan fingerprint density at radius 1 is 1.17 bits per heavy atom. The first-order valence-electron chi connectivity index (χ1n) is 11.8. The first-order chi connectivity index (χ1) is 16.5. The quantitative estimate of drug-likeness (QED) is 0.486. The van der Waals surface area contributed by atoms with Gasteiger partial charge in [0, 0.05) is 36.9 Å². The van der Waals surface area contributed by atoms with E-state index in [0.717, 1.165) is 11.6 Å². The summed E-state index contributed by atoms with van der Waals surface area (Å²) in [6, 6.07) is 10.2. The summed E-state index contributed by atoms with van der Waals surface area (Å²) < 4.78 is 47.0. The van der Waals surface area contributed by atoms with Crippen molar-refractivity contribution < 1.29 is 27.8 Å². The molecule has 35 heavy (non-hydrogen) atoms. The third-order valence-electron chi connectivity index (χ3n) is 6.87. The number of rotatable bonds is 6. The lowest BCUT2D eigenvalue weighted by Gasteiger charge is -2.48. The Bertz CT molecular complexity index is 1150. The first-order valence-corrected chi connectivity index (χ1v) is 11.8. The SMILES string of the molecule is C[C@@H](c1ccc(-c2ccc(F)cc2F)cc1)N1CC[C@](CC(C)(C)O)(C2C=CC(F)=CC2)OC1=O. The van der Waals surface area contributed by atoms with Gasteiger partial charge in [0.1, 0.15) is 23.1 Å². The first kappa shape index (κ1) is 25.0. The highest BCUT2D eigenvalue weighted by molar-refractivity contribution is 5.70. The lowest BCUT2D eigenvalue weighted by molar-refractivity contribution is -0.116. The molecule has 0 bridgehead atoms. The van der Waals surface area contributed by atoms with Crippen LogP contribution in [0.15, 0.2) is 66.5 Å². The Morgan fingerprint density at radius 2 is 1.89 bits per heavy atom. The molecule has 4 rings (SSSR count). The highest BCUT2D eigenvalue weighted by Crippen LogP contribution is 2.43. The molecular weight excluding hydrogens is 455 g/mol. The highest BCUT2D eigenvalue weighted by atomic mass is 19.1. The van der Waals surface area contributed by atoms with Crippen LogP contribution in [0.4, 0.5) is 18.0 Å². The van der Waals surface area contributed by atoms with Crippen LogP contribution in [0.25, 0.3) is 11.1 Å². The number of carbonyl (C=O) groups is 1. The van der Waals surface area contributed by atoms with Gasteiger partial charge in [-0.05, 0) is 62.6 Å². The third-order valence-corrected chi connectivity index (χ3v) is 6.87. The molecule has 1 aliphatic heterocycles. The molecule has 2 aromatic carbocycles. The van der Waals surface area contributed by atoms with Crippen LogP contribution in [-0.2, 0) is 4.74 Å².